The topological polar surface area (TPSA) is 90.1 Å². The highest BCUT2D eigenvalue weighted by molar-refractivity contribution is 7.98. The number of amides is 1. The molecule has 0 fully saturated rings. The summed E-state index contributed by atoms with van der Waals surface area (Å²) in [5, 5.41) is 18.3. The molecule has 0 aliphatic carbocycles. The third kappa shape index (κ3) is 3.61. The van der Waals surface area contributed by atoms with Crippen LogP contribution in [0.3, 0.4) is 0 Å². The van der Waals surface area contributed by atoms with Crippen molar-refractivity contribution in [2.24, 2.45) is 0 Å². The Morgan fingerprint density at radius 3 is 2.57 bits per heavy atom. The predicted molar refractivity (Wildman–Crippen MR) is 104 cm³/mol. The molecule has 3 aromatic rings. The minimum absolute atomic E-state index is 0.0131. The largest absolute Gasteiger partial charge is 0.310 e. The first-order chi connectivity index (χ1) is 13.5. The lowest BCUT2D eigenvalue weighted by molar-refractivity contribution is -0.384. The van der Waals surface area contributed by atoms with Gasteiger partial charge in [-0.15, -0.1) is 0 Å². The van der Waals surface area contributed by atoms with Crippen LogP contribution in [-0.4, -0.2) is 20.6 Å². The van der Waals surface area contributed by atoms with Crippen LogP contribution >= 0.6 is 11.8 Å². The van der Waals surface area contributed by atoms with Crippen molar-refractivity contribution in [2.75, 3.05) is 5.32 Å². The number of nitro groups is 1. The van der Waals surface area contributed by atoms with Gasteiger partial charge in [0.1, 0.15) is 11.6 Å². The van der Waals surface area contributed by atoms with Crippen LogP contribution in [0.1, 0.15) is 16.8 Å². The number of rotatable bonds is 5. The normalized spacial score (nSPS) is 12.6. The molecule has 0 atom stereocenters. The predicted octanol–water partition coefficient (Wildman–Crippen LogP) is 3.85. The number of nitrogens with one attached hydrogen (secondary N) is 1. The van der Waals surface area contributed by atoms with Crippen LogP contribution in [0.25, 0.3) is 5.69 Å². The summed E-state index contributed by atoms with van der Waals surface area (Å²) in [5.74, 6) is 1.45. The molecule has 0 saturated carbocycles. The van der Waals surface area contributed by atoms with Crippen LogP contribution in [0.5, 0.6) is 0 Å². The Morgan fingerprint density at radius 1 is 1.18 bits per heavy atom. The minimum Gasteiger partial charge on any atom is -0.310 e. The van der Waals surface area contributed by atoms with Crippen molar-refractivity contribution in [2.45, 2.75) is 17.9 Å². The molecular formula is C19H15FN4O3S. The van der Waals surface area contributed by atoms with E-state index in [4.69, 9.17) is 0 Å². The average molecular weight is 398 g/mol. The zero-order valence-electron chi connectivity index (χ0n) is 14.6. The second kappa shape index (κ2) is 7.43. The molecule has 1 aromatic heterocycles. The van der Waals surface area contributed by atoms with E-state index in [1.165, 1.54) is 24.3 Å². The fourth-order valence-electron chi connectivity index (χ4n) is 3.01. The summed E-state index contributed by atoms with van der Waals surface area (Å²) in [5.41, 5.74) is 3.16. The summed E-state index contributed by atoms with van der Waals surface area (Å²) in [6.45, 7) is 0. The second-order valence-electron chi connectivity index (χ2n) is 6.30. The molecule has 0 unspecified atom stereocenters. The van der Waals surface area contributed by atoms with E-state index in [2.05, 4.69) is 10.4 Å². The van der Waals surface area contributed by atoms with Gasteiger partial charge in [-0.2, -0.15) is 16.9 Å². The number of non-ortho nitro benzene ring substituents is 1. The highest BCUT2D eigenvalue weighted by Crippen LogP contribution is 2.36. The maximum absolute atomic E-state index is 13.0. The number of nitrogens with zero attached hydrogens (tertiary/aromatic N) is 3. The van der Waals surface area contributed by atoms with E-state index >= 15 is 0 Å². The van der Waals surface area contributed by atoms with Crippen molar-refractivity contribution in [1.82, 2.24) is 9.78 Å². The van der Waals surface area contributed by atoms with Crippen LogP contribution in [-0.2, 0) is 22.7 Å². The van der Waals surface area contributed by atoms with Gasteiger partial charge in [0.05, 0.1) is 22.7 Å². The summed E-state index contributed by atoms with van der Waals surface area (Å²) in [6.07, 6.45) is 0.105. The second-order valence-corrected chi connectivity index (χ2v) is 7.29. The summed E-state index contributed by atoms with van der Waals surface area (Å²) >= 11 is 1.71. The number of hydrogen-bond donors (Lipinski definition) is 1. The molecular weight excluding hydrogens is 383 g/mol. The number of fused-ring (bicyclic) bond motifs is 1. The number of carbonyl (C=O) groups excluding carboxylic acids is 1. The molecule has 1 N–H and O–H groups in total. The molecule has 1 aliphatic heterocycles. The number of nitro benzene ring substituents is 1. The lowest BCUT2D eigenvalue weighted by Crippen LogP contribution is -2.18. The molecule has 0 saturated heterocycles. The molecule has 2 aromatic carbocycles. The van der Waals surface area contributed by atoms with Crippen molar-refractivity contribution in [3.8, 4) is 5.69 Å². The van der Waals surface area contributed by atoms with Crippen molar-refractivity contribution >= 4 is 29.2 Å². The first-order valence-corrected chi connectivity index (χ1v) is 9.64. The highest BCUT2D eigenvalue weighted by atomic mass is 32.2. The van der Waals surface area contributed by atoms with Crippen molar-refractivity contribution in [3.63, 3.8) is 0 Å². The molecule has 9 heteroatoms. The zero-order valence-corrected chi connectivity index (χ0v) is 15.4. The molecule has 4 rings (SSSR count). The highest BCUT2D eigenvalue weighted by Gasteiger charge is 2.25. The molecule has 142 valence electrons. The van der Waals surface area contributed by atoms with E-state index in [1.54, 1.807) is 40.7 Å². The standard InChI is InChI=1S/C19H15FN4O3S/c20-13-3-1-12(2-4-13)9-18(25)21-19-16-10-28-11-17(16)22-23(19)14-5-7-15(8-6-14)24(26)27/h1-8H,9-11H2,(H,21,25). The Labute approximate surface area is 163 Å². The maximum atomic E-state index is 13.0. The van der Waals surface area contributed by atoms with Gasteiger partial charge < -0.3 is 5.32 Å². The van der Waals surface area contributed by atoms with Crippen LogP contribution in [0.15, 0.2) is 48.5 Å². The van der Waals surface area contributed by atoms with Crippen LogP contribution in [0.2, 0.25) is 0 Å². The average Bonchev–Trinajstić information content (AvgIpc) is 3.26. The summed E-state index contributed by atoms with van der Waals surface area (Å²) in [7, 11) is 0. The number of anilines is 1. The molecule has 2 heterocycles. The van der Waals surface area contributed by atoms with Crippen molar-refractivity contribution in [3.05, 3.63) is 81.3 Å². The number of thioether (sulfide) groups is 1. The summed E-state index contributed by atoms with van der Waals surface area (Å²) in [4.78, 5) is 23.0. The van der Waals surface area contributed by atoms with E-state index < -0.39 is 4.92 Å². The fourth-order valence-corrected chi connectivity index (χ4v) is 4.04. The number of hydrogen-bond acceptors (Lipinski definition) is 5. The van der Waals surface area contributed by atoms with Gasteiger partial charge in [-0.1, -0.05) is 12.1 Å². The summed E-state index contributed by atoms with van der Waals surface area (Å²) in [6, 6.07) is 11.8. The van der Waals surface area contributed by atoms with E-state index in [0.29, 0.717) is 17.1 Å². The number of aromatic nitrogens is 2. The fraction of sp³-hybridized carbons (Fsp3) is 0.158. The molecule has 7 nitrogen and oxygen atoms in total. The molecule has 0 spiro atoms. The molecule has 0 radical (unpaired) electrons. The van der Waals surface area contributed by atoms with Gasteiger partial charge in [-0.3, -0.25) is 14.9 Å². The maximum Gasteiger partial charge on any atom is 0.269 e. The quantitative estimate of drug-likeness (QED) is 0.521. The Bertz CT molecular complexity index is 1050. The lowest BCUT2D eigenvalue weighted by Gasteiger charge is -2.11. The third-order valence-corrected chi connectivity index (χ3v) is 5.36. The van der Waals surface area contributed by atoms with Gasteiger partial charge >= 0.3 is 0 Å². The van der Waals surface area contributed by atoms with E-state index in [1.807, 2.05) is 0 Å². The third-order valence-electron chi connectivity index (χ3n) is 4.39. The Kier molecular flexibility index (Phi) is 4.82. The Hall–Kier alpha value is -3.20. The van der Waals surface area contributed by atoms with Crippen LogP contribution in [0.4, 0.5) is 15.9 Å². The SMILES string of the molecule is O=C(Cc1ccc(F)cc1)Nc1c2c(nn1-c1ccc([N+](=O)[O-])cc1)CSC2. The first-order valence-electron chi connectivity index (χ1n) is 8.49. The number of halogens is 1. The van der Waals surface area contributed by atoms with Gasteiger partial charge in [0.25, 0.3) is 5.69 Å². The van der Waals surface area contributed by atoms with E-state index in [0.717, 1.165) is 22.8 Å². The zero-order chi connectivity index (χ0) is 19.7. The smallest absolute Gasteiger partial charge is 0.269 e. The van der Waals surface area contributed by atoms with Crippen molar-refractivity contribution < 1.29 is 14.1 Å². The Balaban J connectivity index is 1.61. The minimum atomic E-state index is -0.463. The lowest BCUT2D eigenvalue weighted by atomic mass is 10.1. The van der Waals surface area contributed by atoms with Gasteiger partial charge in [0.15, 0.2) is 0 Å². The molecule has 28 heavy (non-hydrogen) atoms. The number of carbonyl (C=O) groups is 1. The molecule has 1 amide bonds. The summed E-state index contributed by atoms with van der Waals surface area (Å²) < 4.78 is 14.6. The van der Waals surface area contributed by atoms with E-state index in [-0.39, 0.29) is 23.8 Å². The monoisotopic (exact) mass is 398 g/mol. The van der Waals surface area contributed by atoms with Gasteiger partial charge in [-0.05, 0) is 29.8 Å². The van der Waals surface area contributed by atoms with E-state index in [9.17, 15) is 19.3 Å². The van der Waals surface area contributed by atoms with Crippen LogP contribution in [0, 0.1) is 15.9 Å². The Morgan fingerprint density at radius 2 is 1.89 bits per heavy atom. The molecule has 1 aliphatic rings. The molecule has 0 bridgehead atoms. The van der Waals surface area contributed by atoms with Gasteiger partial charge in [0.2, 0.25) is 5.91 Å². The number of benzene rings is 2. The van der Waals surface area contributed by atoms with Gasteiger partial charge in [-0.25, -0.2) is 9.07 Å². The van der Waals surface area contributed by atoms with Crippen molar-refractivity contribution in [1.29, 1.82) is 0 Å². The first kappa shape index (κ1) is 18.2. The van der Waals surface area contributed by atoms with Gasteiger partial charge in [0, 0.05) is 29.2 Å². The van der Waals surface area contributed by atoms with Crippen LogP contribution < -0.4 is 5.32 Å².